The maximum absolute atomic E-state index is 12.4. The van der Waals surface area contributed by atoms with E-state index >= 15 is 0 Å². The number of pyridine rings is 1. The van der Waals surface area contributed by atoms with Gasteiger partial charge in [0.05, 0.1) is 5.75 Å². The largest absolute Gasteiger partial charge is 0.409 e. The Balaban J connectivity index is 2.08. The number of sulfonamides is 1. The van der Waals surface area contributed by atoms with Crippen molar-refractivity contribution in [3.8, 4) is 0 Å². The van der Waals surface area contributed by atoms with Crippen molar-refractivity contribution >= 4 is 15.9 Å². The van der Waals surface area contributed by atoms with Crippen molar-refractivity contribution < 1.29 is 13.6 Å². The second-order valence-electron chi connectivity index (χ2n) is 5.26. The maximum atomic E-state index is 12.4. The van der Waals surface area contributed by atoms with Crippen LogP contribution in [-0.4, -0.2) is 41.0 Å². The molecule has 0 aromatic carbocycles. The van der Waals surface area contributed by atoms with Gasteiger partial charge in [0.2, 0.25) is 10.0 Å². The van der Waals surface area contributed by atoms with Crippen LogP contribution in [0.25, 0.3) is 0 Å². The van der Waals surface area contributed by atoms with Crippen molar-refractivity contribution in [2.24, 2.45) is 16.8 Å². The summed E-state index contributed by atoms with van der Waals surface area (Å²) in [5, 5.41) is 11.5. The van der Waals surface area contributed by atoms with Crippen molar-refractivity contribution in [3.63, 3.8) is 0 Å². The van der Waals surface area contributed by atoms with Gasteiger partial charge in [0.1, 0.15) is 5.84 Å². The van der Waals surface area contributed by atoms with E-state index in [4.69, 9.17) is 10.9 Å². The Morgan fingerprint density at radius 2 is 2.29 bits per heavy atom. The molecule has 0 aliphatic heterocycles. The van der Waals surface area contributed by atoms with E-state index in [1.54, 1.807) is 18.5 Å². The van der Waals surface area contributed by atoms with E-state index in [-0.39, 0.29) is 37.0 Å². The molecule has 1 saturated carbocycles. The quantitative estimate of drug-likeness (QED) is 0.319. The third-order valence-electron chi connectivity index (χ3n) is 3.36. The molecular weight excluding hydrogens is 292 g/mol. The summed E-state index contributed by atoms with van der Waals surface area (Å²) < 4.78 is 26.3. The first-order valence-electron chi connectivity index (χ1n) is 6.84. The first-order chi connectivity index (χ1) is 10.0. The molecule has 2 rings (SSSR count). The summed E-state index contributed by atoms with van der Waals surface area (Å²) in [5.41, 5.74) is 6.25. The summed E-state index contributed by atoms with van der Waals surface area (Å²) in [7, 11) is -3.35. The minimum absolute atomic E-state index is 0.0211. The molecule has 8 heteroatoms. The summed E-state index contributed by atoms with van der Waals surface area (Å²) in [4.78, 5) is 3.99. The predicted molar refractivity (Wildman–Crippen MR) is 79.2 cm³/mol. The van der Waals surface area contributed by atoms with E-state index < -0.39 is 10.0 Å². The van der Waals surface area contributed by atoms with Crippen LogP contribution in [0.4, 0.5) is 0 Å². The van der Waals surface area contributed by atoms with Crippen molar-refractivity contribution in [1.29, 1.82) is 0 Å². The molecule has 116 valence electrons. The number of nitrogens with two attached hydrogens (primary N) is 1. The van der Waals surface area contributed by atoms with Gasteiger partial charge in [-0.15, -0.1) is 0 Å². The Bertz CT molecular complexity index is 585. The van der Waals surface area contributed by atoms with Gasteiger partial charge in [0.15, 0.2) is 0 Å². The zero-order valence-electron chi connectivity index (χ0n) is 11.7. The van der Waals surface area contributed by atoms with E-state index in [2.05, 4.69) is 10.1 Å². The summed E-state index contributed by atoms with van der Waals surface area (Å²) in [5.74, 6) is 0.465. The van der Waals surface area contributed by atoms with Crippen LogP contribution in [0, 0.1) is 5.92 Å². The second-order valence-corrected chi connectivity index (χ2v) is 7.27. The average molecular weight is 312 g/mol. The Morgan fingerprint density at radius 1 is 1.52 bits per heavy atom. The molecule has 0 spiro atoms. The van der Waals surface area contributed by atoms with Gasteiger partial charge in [-0.2, -0.15) is 4.31 Å². The normalized spacial score (nSPS) is 16.3. The first kappa shape index (κ1) is 15.7. The Labute approximate surface area is 124 Å². The molecule has 0 saturated heterocycles. The lowest BCUT2D eigenvalue weighted by atomic mass is 10.3. The lowest BCUT2D eigenvalue weighted by molar-refractivity contribution is 0.315. The van der Waals surface area contributed by atoms with Crippen LogP contribution in [-0.2, 0) is 16.6 Å². The van der Waals surface area contributed by atoms with E-state index in [1.807, 2.05) is 6.07 Å². The predicted octanol–water partition coefficient (Wildman–Crippen LogP) is 0.760. The highest BCUT2D eigenvalue weighted by atomic mass is 32.2. The molecular formula is C13H20N4O3S. The highest BCUT2D eigenvalue weighted by Gasteiger charge is 2.32. The van der Waals surface area contributed by atoms with Crippen LogP contribution in [0.5, 0.6) is 0 Å². The minimum Gasteiger partial charge on any atom is -0.409 e. The van der Waals surface area contributed by atoms with Crippen LogP contribution in [0.2, 0.25) is 0 Å². The summed E-state index contributed by atoms with van der Waals surface area (Å²) in [6, 6.07) is 3.60. The zero-order valence-corrected chi connectivity index (χ0v) is 12.5. The monoisotopic (exact) mass is 312 g/mol. The van der Waals surface area contributed by atoms with Crippen molar-refractivity contribution in [1.82, 2.24) is 9.29 Å². The first-order valence-corrected chi connectivity index (χ1v) is 8.45. The lowest BCUT2D eigenvalue weighted by Gasteiger charge is -2.22. The minimum atomic E-state index is -3.35. The molecule has 0 unspecified atom stereocenters. The van der Waals surface area contributed by atoms with Crippen LogP contribution >= 0.6 is 0 Å². The SMILES string of the molecule is NC(CCN(Cc1cccnc1)S(=O)(=O)CC1CC1)=NO. The number of rotatable bonds is 8. The fraction of sp³-hybridized carbons (Fsp3) is 0.538. The van der Waals surface area contributed by atoms with Crippen molar-refractivity contribution in [2.45, 2.75) is 25.8 Å². The van der Waals surface area contributed by atoms with Crippen LogP contribution in [0.15, 0.2) is 29.7 Å². The van der Waals surface area contributed by atoms with Crippen molar-refractivity contribution in [3.05, 3.63) is 30.1 Å². The number of amidine groups is 1. The third-order valence-corrected chi connectivity index (χ3v) is 5.36. The van der Waals surface area contributed by atoms with Gasteiger partial charge in [0, 0.05) is 31.9 Å². The number of hydrogen-bond donors (Lipinski definition) is 2. The summed E-state index contributed by atoms with van der Waals surface area (Å²) >= 11 is 0. The third kappa shape index (κ3) is 4.98. The molecule has 3 N–H and O–H groups in total. The number of oxime groups is 1. The van der Waals surface area contributed by atoms with E-state index in [9.17, 15) is 8.42 Å². The van der Waals surface area contributed by atoms with Crippen LogP contribution in [0.3, 0.4) is 0 Å². The summed E-state index contributed by atoms with van der Waals surface area (Å²) in [6.45, 7) is 0.446. The molecule has 7 nitrogen and oxygen atoms in total. The number of aromatic nitrogens is 1. The zero-order chi connectivity index (χ0) is 15.3. The van der Waals surface area contributed by atoms with Gasteiger partial charge in [-0.3, -0.25) is 4.98 Å². The Kier molecular flexibility index (Phi) is 5.13. The molecule has 1 fully saturated rings. The Hall–Kier alpha value is -1.67. The van der Waals surface area contributed by atoms with Crippen LogP contribution < -0.4 is 5.73 Å². The molecule has 0 atom stereocenters. The second kappa shape index (κ2) is 6.86. The number of nitrogens with zero attached hydrogens (tertiary/aromatic N) is 3. The molecule has 1 aliphatic rings. The fourth-order valence-corrected chi connectivity index (χ4v) is 3.84. The van der Waals surface area contributed by atoms with Crippen molar-refractivity contribution in [2.75, 3.05) is 12.3 Å². The molecule has 21 heavy (non-hydrogen) atoms. The van der Waals surface area contributed by atoms with Crippen LogP contribution in [0.1, 0.15) is 24.8 Å². The molecule has 1 aliphatic carbocycles. The fourth-order valence-electron chi connectivity index (χ4n) is 1.99. The standard InChI is InChI=1S/C13H20N4O3S/c14-13(16-18)5-7-17(9-12-2-1-6-15-8-12)21(19,20)10-11-3-4-11/h1-2,6,8,11,18H,3-5,7,9-10H2,(H2,14,16). The van der Waals surface area contributed by atoms with E-state index in [0.717, 1.165) is 18.4 Å². The topological polar surface area (TPSA) is 109 Å². The van der Waals surface area contributed by atoms with E-state index in [0.29, 0.717) is 0 Å². The molecule has 0 radical (unpaired) electrons. The summed E-state index contributed by atoms with van der Waals surface area (Å²) in [6.07, 6.45) is 5.42. The van der Waals surface area contributed by atoms with Gasteiger partial charge >= 0.3 is 0 Å². The van der Waals surface area contributed by atoms with Gasteiger partial charge < -0.3 is 10.9 Å². The van der Waals surface area contributed by atoms with Gasteiger partial charge in [-0.05, 0) is 30.4 Å². The highest BCUT2D eigenvalue weighted by molar-refractivity contribution is 7.89. The lowest BCUT2D eigenvalue weighted by Crippen LogP contribution is -2.35. The van der Waals surface area contributed by atoms with E-state index in [1.165, 1.54) is 4.31 Å². The van der Waals surface area contributed by atoms with Gasteiger partial charge in [-0.25, -0.2) is 8.42 Å². The Morgan fingerprint density at radius 3 is 2.86 bits per heavy atom. The smallest absolute Gasteiger partial charge is 0.214 e. The van der Waals surface area contributed by atoms with Gasteiger partial charge in [0.25, 0.3) is 0 Å². The molecule has 0 amide bonds. The van der Waals surface area contributed by atoms with Gasteiger partial charge in [-0.1, -0.05) is 11.2 Å². The average Bonchev–Trinajstić information content (AvgIpc) is 3.27. The molecule has 1 heterocycles. The number of hydrogen-bond acceptors (Lipinski definition) is 5. The maximum Gasteiger partial charge on any atom is 0.214 e. The molecule has 0 bridgehead atoms. The molecule has 1 aromatic heterocycles. The highest BCUT2D eigenvalue weighted by Crippen LogP contribution is 2.31. The molecule has 1 aromatic rings.